The molecule has 0 saturated carbocycles. The van der Waals surface area contributed by atoms with Crippen LogP contribution in [0.4, 0.5) is 15.1 Å². The van der Waals surface area contributed by atoms with Gasteiger partial charge in [0.15, 0.2) is 5.76 Å². The molecule has 12 nitrogen and oxygen atoms in total. The summed E-state index contributed by atoms with van der Waals surface area (Å²) < 4.78 is 61.6. The summed E-state index contributed by atoms with van der Waals surface area (Å²) >= 11 is 0. The van der Waals surface area contributed by atoms with E-state index in [9.17, 15) is 22.7 Å². The maximum atomic E-state index is 13.8. The summed E-state index contributed by atoms with van der Waals surface area (Å²) in [6.45, 7) is -0.191. The van der Waals surface area contributed by atoms with Crippen molar-refractivity contribution in [2.75, 3.05) is 32.0 Å². The number of nitrogens with one attached hydrogen (secondary N) is 1. The number of amides is 1. The molecule has 1 aliphatic heterocycles. The van der Waals surface area contributed by atoms with Gasteiger partial charge in [-0.25, -0.2) is 17.6 Å². The van der Waals surface area contributed by atoms with Gasteiger partial charge < -0.3 is 23.9 Å². The molecular weight excluding hydrogens is 545 g/mol. The lowest BCUT2D eigenvalue weighted by Crippen LogP contribution is -2.49. The predicted octanol–water partition coefficient (Wildman–Crippen LogP) is 3.96. The summed E-state index contributed by atoms with van der Waals surface area (Å²) in [4.78, 5) is 13.0. The van der Waals surface area contributed by atoms with Gasteiger partial charge in [-0.1, -0.05) is 18.2 Å². The van der Waals surface area contributed by atoms with Gasteiger partial charge in [-0.15, -0.1) is 10.2 Å². The van der Waals surface area contributed by atoms with Crippen LogP contribution in [-0.4, -0.2) is 71.8 Å². The number of hydrogen-bond donors (Lipinski definition) is 2. The van der Waals surface area contributed by atoms with E-state index < -0.39 is 33.1 Å². The van der Waals surface area contributed by atoms with Crippen molar-refractivity contribution in [2.45, 2.75) is 17.6 Å². The first-order valence-corrected chi connectivity index (χ1v) is 13.7. The van der Waals surface area contributed by atoms with Crippen LogP contribution < -0.4 is 14.2 Å². The number of carboxylic acid groups (broad SMARTS) is 1. The molecule has 14 heteroatoms. The Kier molecular flexibility index (Phi) is 7.34. The van der Waals surface area contributed by atoms with E-state index in [1.54, 1.807) is 30.3 Å². The van der Waals surface area contributed by atoms with Crippen molar-refractivity contribution in [3.8, 4) is 28.8 Å². The number of piperidine rings is 1. The maximum Gasteiger partial charge on any atom is 0.407 e. The van der Waals surface area contributed by atoms with Gasteiger partial charge in [-0.2, -0.15) is 0 Å². The molecule has 5 rings (SSSR count). The van der Waals surface area contributed by atoms with Crippen molar-refractivity contribution < 1.29 is 36.6 Å². The minimum Gasteiger partial charge on any atom is -0.494 e. The third kappa shape index (κ3) is 5.17. The standard InChI is InChI=1S/C26H26FN5O7S/c1-37-20-5-3-6-21(38-2)23(20)32-24(22-7-4-12-39-22)28-29-25(32)30-40(35,36)19-13-17(14-31(15-19)26(33)34)16-8-10-18(27)11-9-16/h3-12,17,19H,13-15H2,1-2H3,(H,29,30)(H,33,34)/t17-,19-/m1/s1. The Morgan fingerprint density at radius 1 is 1.05 bits per heavy atom. The number of sulfonamides is 1. The van der Waals surface area contributed by atoms with Crippen molar-refractivity contribution >= 4 is 22.1 Å². The predicted molar refractivity (Wildman–Crippen MR) is 142 cm³/mol. The fourth-order valence-electron chi connectivity index (χ4n) is 4.80. The highest BCUT2D eigenvalue weighted by Crippen LogP contribution is 2.38. The average molecular weight is 572 g/mol. The molecule has 40 heavy (non-hydrogen) atoms. The number of halogens is 1. The first-order valence-electron chi connectivity index (χ1n) is 12.2. The molecule has 2 aromatic heterocycles. The molecule has 1 aliphatic rings. The minimum atomic E-state index is -4.24. The van der Waals surface area contributed by atoms with Gasteiger partial charge in [0, 0.05) is 19.0 Å². The van der Waals surface area contributed by atoms with Crippen molar-refractivity contribution in [3.63, 3.8) is 0 Å². The van der Waals surface area contributed by atoms with E-state index in [2.05, 4.69) is 14.9 Å². The van der Waals surface area contributed by atoms with Crippen LogP contribution in [0.25, 0.3) is 17.3 Å². The summed E-state index contributed by atoms with van der Waals surface area (Å²) in [5, 5.41) is 16.8. The monoisotopic (exact) mass is 571 g/mol. The van der Waals surface area contributed by atoms with E-state index in [0.29, 0.717) is 28.5 Å². The number of aromatic nitrogens is 3. The Morgan fingerprint density at radius 2 is 1.75 bits per heavy atom. The Labute approximate surface area is 229 Å². The van der Waals surface area contributed by atoms with E-state index in [1.807, 2.05) is 0 Å². The summed E-state index contributed by atoms with van der Waals surface area (Å²) in [6, 6.07) is 13.9. The number of carbonyl (C=O) groups is 1. The number of anilines is 1. The quantitative estimate of drug-likeness (QED) is 0.320. The minimum absolute atomic E-state index is 0.0736. The lowest BCUT2D eigenvalue weighted by molar-refractivity contribution is 0.131. The van der Waals surface area contributed by atoms with Gasteiger partial charge >= 0.3 is 6.09 Å². The van der Waals surface area contributed by atoms with E-state index >= 15 is 0 Å². The molecule has 2 aromatic carbocycles. The number of rotatable bonds is 8. The van der Waals surface area contributed by atoms with Crippen LogP contribution >= 0.6 is 0 Å². The van der Waals surface area contributed by atoms with Gasteiger partial charge in [0.1, 0.15) is 23.0 Å². The summed E-state index contributed by atoms with van der Waals surface area (Å²) in [6.07, 6.45) is 0.284. The molecular formula is C26H26FN5O7S. The zero-order valence-corrected chi connectivity index (χ0v) is 22.3. The number of benzene rings is 2. The molecule has 0 radical (unpaired) electrons. The highest BCUT2D eigenvalue weighted by Gasteiger charge is 2.39. The number of para-hydroxylation sites is 1. The number of furan rings is 1. The third-order valence-electron chi connectivity index (χ3n) is 6.73. The lowest BCUT2D eigenvalue weighted by Gasteiger charge is -2.36. The fraction of sp³-hybridized carbons (Fsp3) is 0.269. The second-order valence-electron chi connectivity index (χ2n) is 9.11. The van der Waals surface area contributed by atoms with Gasteiger partial charge in [-0.05, 0) is 48.4 Å². The van der Waals surface area contributed by atoms with Crippen LogP contribution in [0.3, 0.4) is 0 Å². The fourth-order valence-corrected chi connectivity index (χ4v) is 6.22. The average Bonchev–Trinajstić information content (AvgIpc) is 3.62. The van der Waals surface area contributed by atoms with Crippen LogP contribution in [0, 0.1) is 5.82 Å². The Hall–Kier alpha value is -4.59. The molecule has 4 aromatic rings. The summed E-state index contributed by atoms with van der Waals surface area (Å²) in [7, 11) is -1.33. The lowest BCUT2D eigenvalue weighted by atomic mass is 9.90. The number of likely N-dealkylation sites (tertiary alicyclic amines) is 1. The summed E-state index contributed by atoms with van der Waals surface area (Å²) in [5.74, 6) is 0.0660. The summed E-state index contributed by atoms with van der Waals surface area (Å²) in [5.41, 5.74) is 0.955. The van der Waals surface area contributed by atoms with E-state index in [-0.39, 0.29) is 31.3 Å². The van der Waals surface area contributed by atoms with E-state index in [4.69, 9.17) is 13.9 Å². The first-order chi connectivity index (χ1) is 19.2. The zero-order chi connectivity index (χ0) is 28.4. The zero-order valence-electron chi connectivity index (χ0n) is 21.5. The SMILES string of the molecule is COc1cccc(OC)c1-n1c(NS(=O)(=O)[C@@H]2C[C@@H](c3ccc(F)cc3)CN(C(=O)O)C2)nnc1-c1ccco1. The molecule has 1 fully saturated rings. The largest absolute Gasteiger partial charge is 0.494 e. The Balaban J connectivity index is 1.56. The van der Waals surface area contributed by atoms with Crippen LogP contribution in [0.2, 0.25) is 0 Å². The van der Waals surface area contributed by atoms with Crippen LogP contribution in [0.5, 0.6) is 11.5 Å². The molecule has 1 amide bonds. The first kappa shape index (κ1) is 27.0. The maximum absolute atomic E-state index is 13.8. The van der Waals surface area contributed by atoms with Crippen LogP contribution in [-0.2, 0) is 10.0 Å². The second kappa shape index (κ2) is 10.9. The Bertz CT molecular complexity index is 1580. The number of nitrogens with zero attached hydrogens (tertiary/aromatic N) is 4. The molecule has 2 atom stereocenters. The molecule has 1 saturated heterocycles. The van der Waals surface area contributed by atoms with Gasteiger partial charge in [0.05, 0.1) is 25.7 Å². The topological polar surface area (TPSA) is 149 Å². The van der Waals surface area contributed by atoms with Crippen molar-refractivity contribution in [1.82, 2.24) is 19.7 Å². The molecule has 0 bridgehead atoms. The van der Waals surface area contributed by atoms with Crippen molar-refractivity contribution in [1.29, 1.82) is 0 Å². The molecule has 2 N–H and O–H groups in total. The highest BCUT2D eigenvalue weighted by molar-refractivity contribution is 7.93. The smallest absolute Gasteiger partial charge is 0.407 e. The number of hydrogen-bond acceptors (Lipinski definition) is 8. The van der Waals surface area contributed by atoms with Crippen molar-refractivity contribution in [2.24, 2.45) is 0 Å². The molecule has 0 spiro atoms. The van der Waals surface area contributed by atoms with Crippen LogP contribution in [0.1, 0.15) is 17.9 Å². The van der Waals surface area contributed by atoms with Crippen LogP contribution in [0.15, 0.2) is 65.3 Å². The van der Waals surface area contributed by atoms with Gasteiger partial charge in [0.2, 0.25) is 21.8 Å². The molecule has 3 heterocycles. The van der Waals surface area contributed by atoms with Gasteiger partial charge in [-0.3, -0.25) is 9.29 Å². The van der Waals surface area contributed by atoms with E-state index in [1.165, 1.54) is 49.3 Å². The Morgan fingerprint density at radius 3 is 2.35 bits per heavy atom. The second-order valence-corrected chi connectivity index (χ2v) is 11.1. The highest BCUT2D eigenvalue weighted by atomic mass is 32.2. The molecule has 0 aliphatic carbocycles. The molecule has 0 unspecified atom stereocenters. The number of ether oxygens (including phenoxy) is 2. The normalized spacial score (nSPS) is 17.4. The third-order valence-corrected chi connectivity index (χ3v) is 8.41. The van der Waals surface area contributed by atoms with Gasteiger partial charge in [0.25, 0.3) is 0 Å². The van der Waals surface area contributed by atoms with Crippen molar-refractivity contribution in [3.05, 3.63) is 72.2 Å². The molecule has 210 valence electrons. The van der Waals surface area contributed by atoms with E-state index in [0.717, 1.165) is 4.90 Å². The number of methoxy groups -OCH3 is 2.